The van der Waals surface area contributed by atoms with Crippen molar-refractivity contribution in [3.05, 3.63) is 5.82 Å². The summed E-state index contributed by atoms with van der Waals surface area (Å²) >= 11 is 1.20. The lowest BCUT2D eigenvalue weighted by Gasteiger charge is -2.33. The molecule has 7 nitrogen and oxygen atoms in total. The SMILES string of the molecule is CC(C)(C)c1nsc(NC(=O)N2CC[C@H]3C(=O)NC[C@H]3C2)n1. The molecule has 0 bridgehead atoms. The van der Waals surface area contributed by atoms with Crippen LogP contribution in [-0.4, -0.2) is 45.8 Å². The zero-order valence-electron chi connectivity index (χ0n) is 13.0. The number of hydrogen-bond acceptors (Lipinski definition) is 5. The second-order valence-corrected chi connectivity index (χ2v) is 7.70. The van der Waals surface area contributed by atoms with E-state index < -0.39 is 0 Å². The molecular weight excluding hydrogens is 302 g/mol. The zero-order valence-corrected chi connectivity index (χ0v) is 13.9. The van der Waals surface area contributed by atoms with Gasteiger partial charge in [-0.05, 0) is 6.42 Å². The third-order valence-electron chi connectivity index (χ3n) is 4.21. The summed E-state index contributed by atoms with van der Waals surface area (Å²) in [6, 6.07) is -0.158. The fraction of sp³-hybridized carbons (Fsp3) is 0.714. The molecule has 0 unspecified atom stereocenters. The van der Waals surface area contributed by atoms with Gasteiger partial charge in [0.05, 0.1) is 0 Å². The van der Waals surface area contributed by atoms with E-state index in [1.807, 2.05) is 20.8 Å². The first-order valence-electron chi connectivity index (χ1n) is 7.52. The fourth-order valence-corrected chi connectivity index (χ4v) is 3.63. The Bertz CT molecular complexity index is 594. The number of carbonyl (C=O) groups excluding carboxylic acids is 2. The van der Waals surface area contributed by atoms with Gasteiger partial charge in [-0.1, -0.05) is 20.8 Å². The van der Waals surface area contributed by atoms with Crippen LogP contribution in [-0.2, 0) is 10.2 Å². The van der Waals surface area contributed by atoms with Crippen LogP contribution in [0.15, 0.2) is 0 Å². The molecule has 8 heteroatoms. The Morgan fingerprint density at radius 2 is 2.23 bits per heavy atom. The van der Waals surface area contributed by atoms with Crippen LogP contribution in [0.4, 0.5) is 9.93 Å². The maximum absolute atomic E-state index is 12.3. The average Bonchev–Trinajstić information content (AvgIpc) is 3.05. The van der Waals surface area contributed by atoms with Crippen LogP contribution in [0.2, 0.25) is 0 Å². The van der Waals surface area contributed by atoms with Gasteiger partial charge < -0.3 is 10.2 Å². The van der Waals surface area contributed by atoms with Gasteiger partial charge in [-0.25, -0.2) is 9.78 Å². The molecule has 3 heterocycles. The third-order valence-corrected chi connectivity index (χ3v) is 4.84. The molecule has 22 heavy (non-hydrogen) atoms. The van der Waals surface area contributed by atoms with Crippen molar-refractivity contribution in [2.45, 2.75) is 32.6 Å². The molecule has 2 N–H and O–H groups in total. The summed E-state index contributed by atoms with van der Waals surface area (Å²) < 4.78 is 4.29. The minimum absolute atomic E-state index is 0.0677. The van der Waals surface area contributed by atoms with Gasteiger partial charge in [-0.2, -0.15) is 4.37 Å². The van der Waals surface area contributed by atoms with E-state index in [9.17, 15) is 9.59 Å². The Morgan fingerprint density at radius 1 is 1.45 bits per heavy atom. The maximum Gasteiger partial charge on any atom is 0.323 e. The van der Waals surface area contributed by atoms with E-state index in [-0.39, 0.29) is 29.2 Å². The molecule has 2 aliphatic heterocycles. The highest BCUT2D eigenvalue weighted by Crippen LogP contribution is 2.28. The van der Waals surface area contributed by atoms with E-state index >= 15 is 0 Å². The van der Waals surface area contributed by atoms with Crippen LogP contribution in [0.1, 0.15) is 33.0 Å². The Hall–Kier alpha value is -1.70. The molecule has 3 amide bonds. The number of aromatic nitrogens is 2. The molecule has 120 valence electrons. The van der Waals surface area contributed by atoms with Gasteiger partial charge in [0, 0.05) is 48.4 Å². The van der Waals surface area contributed by atoms with Crippen molar-refractivity contribution in [3.8, 4) is 0 Å². The van der Waals surface area contributed by atoms with Crippen molar-refractivity contribution in [1.82, 2.24) is 19.6 Å². The minimum atomic E-state index is -0.158. The number of nitrogens with one attached hydrogen (secondary N) is 2. The van der Waals surface area contributed by atoms with E-state index in [1.54, 1.807) is 4.90 Å². The molecule has 2 atom stereocenters. The Labute approximate surface area is 133 Å². The number of hydrogen-bond donors (Lipinski definition) is 2. The number of carbonyl (C=O) groups is 2. The van der Waals surface area contributed by atoms with Crippen LogP contribution < -0.4 is 10.6 Å². The van der Waals surface area contributed by atoms with Gasteiger partial charge in [-0.15, -0.1) is 0 Å². The van der Waals surface area contributed by atoms with Crippen molar-refractivity contribution >= 4 is 28.6 Å². The number of rotatable bonds is 1. The van der Waals surface area contributed by atoms with Crippen molar-refractivity contribution in [3.63, 3.8) is 0 Å². The van der Waals surface area contributed by atoms with E-state index in [2.05, 4.69) is 20.0 Å². The second kappa shape index (κ2) is 5.49. The molecule has 0 radical (unpaired) electrons. The van der Waals surface area contributed by atoms with Gasteiger partial charge in [0.2, 0.25) is 11.0 Å². The van der Waals surface area contributed by atoms with Crippen molar-refractivity contribution in [2.75, 3.05) is 25.0 Å². The maximum atomic E-state index is 12.3. The summed E-state index contributed by atoms with van der Waals surface area (Å²) in [5, 5.41) is 6.22. The summed E-state index contributed by atoms with van der Waals surface area (Å²) in [5.41, 5.74) is -0.131. The quantitative estimate of drug-likeness (QED) is 0.818. The third kappa shape index (κ3) is 2.92. The Balaban J connectivity index is 1.61. The number of anilines is 1. The molecular formula is C14H21N5O2S. The van der Waals surface area contributed by atoms with E-state index in [4.69, 9.17) is 0 Å². The molecule has 0 spiro atoms. The molecule has 3 rings (SSSR count). The standard InChI is InChI=1S/C14H21N5O2S/c1-14(2,3)11-16-12(22-18-11)17-13(21)19-5-4-9-8(7-19)6-15-10(9)20/h8-9H,4-7H2,1-3H3,(H,15,20)(H,16,17,18,21)/t8-,9+/m0/s1. The van der Waals surface area contributed by atoms with Gasteiger partial charge in [0.25, 0.3) is 0 Å². The predicted molar refractivity (Wildman–Crippen MR) is 83.8 cm³/mol. The molecule has 1 aromatic rings. The predicted octanol–water partition coefficient (Wildman–Crippen LogP) is 1.44. The molecule has 0 saturated carbocycles. The normalized spacial score (nSPS) is 24.9. The highest BCUT2D eigenvalue weighted by Gasteiger charge is 2.40. The lowest BCUT2D eigenvalue weighted by Crippen LogP contribution is -2.45. The fourth-order valence-electron chi connectivity index (χ4n) is 2.88. The summed E-state index contributed by atoms with van der Waals surface area (Å²) in [5.74, 6) is 1.16. The van der Waals surface area contributed by atoms with E-state index in [0.717, 1.165) is 12.2 Å². The molecule has 2 saturated heterocycles. The van der Waals surface area contributed by atoms with Crippen molar-refractivity contribution in [2.24, 2.45) is 11.8 Å². The Kier molecular flexibility index (Phi) is 3.80. The monoisotopic (exact) mass is 323 g/mol. The lowest BCUT2D eigenvalue weighted by atomic mass is 9.88. The summed E-state index contributed by atoms with van der Waals surface area (Å²) in [4.78, 5) is 30.1. The Morgan fingerprint density at radius 3 is 2.91 bits per heavy atom. The molecule has 2 aliphatic rings. The smallest absolute Gasteiger partial charge is 0.323 e. The van der Waals surface area contributed by atoms with Gasteiger partial charge in [-0.3, -0.25) is 10.1 Å². The van der Waals surface area contributed by atoms with Crippen LogP contribution in [0.3, 0.4) is 0 Å². The van der Waals surface area contributed by atoms with Crippen molar-refractivity contribution in [1.29, 1.82) is 0 Å². The number of likely N-dealkylation sites (tertiary alicyclic amines) is 1. The van der Waals surface area contributed by atoms with Crippen LogP contribution in [0.25, 0.3) is 0 Å². The highest BCUT2D eigenvalue weighted by atomic mass is 32.1. The number of nitrogens with zero attached hydrogens (tertiary/aromatic N) is 3. The average molecular weight is 323 g/mol. The highest BCUT2D eigenvalue weighted by molar-refractivity contribution is 7.09. The van der Waals surface area contributed by atoms with Gasteiger partial charge in [0.15, 0.2) is 0 Å². The molecule has 0 aliphatic carbocycles. The van der Waals surface area contributed by atoms with Crippen molar-refractivity contribution < 1.29 is 9.59 Å². The first-order chi connectivity index (χ1) is 10.3. The minimum Gasteiger partial charge on any atom is -0.355 e. The number of urea groups is 1. The molecule has 1 aromatic heterocycles. The van der Waals surface area contributed by atoms with Crippen LogP contribution in [0, 0.1) is 11.8 Å². The summed E-state index contributed by atoms with van der Waals surface area (Å²) in [6.07, 6.45) is 0.729. The number of piperidine rings is 1. The first kappa shape index (κ1) is 15.2. The van der Waals surface area contributed by atoms with Gasteiger partial charge in [0.1, 0.15) is 5.82 Å². The number of fused-ring (bicyclic) bond motifs is 1. The largest absolute Gasteiger partial charge is 0.355 e. The topological polar surface area (TPSA) is 87.2 Å². The van der Waals surface area contributed by atoms with E-state index in [0.29, 0.717) is 24.8 Å². The first-order valence-corrected chi connectivity index (χ1v) is 8.30. The molecule has 0 aromatic carbocycles. The second-order valence-electron chi connectivity index (χ2n) is 6.95. The molecule has 2 fully saturated rings. The van der Waals surface area contributed by atoms with Gasteiger partial charge >= 0.3 is 6.03 Å². The number of amides is 3. The summed E-state index contributed by atoms with van der Waals surface area (Å²) in [6.45, 7) is 7.99. The summed E-state index contributed by atoms with van der Waals surface area (Å²) in [7, 11) is 0. The van der Waals surface area contributed by atoms with Crippen LogP contribution in [0.5, 0.6) is 0 Å². The lowest BCUT2D eigenvalue weighted by molar-refractivity contribution is -0.123. The van der Waals surface area contributed by atoms with E-state index in [1.165, 1.54) is 11.5 Å². The van der Waals surface area contributed by atoms with Crippen LogP contribution >= 0.6 is 11.5 Å². The zero-order chi connectivity index (χ0) is 15.9.